The number of benzene rings is 2. The van der Waals surface area contributed by atoms with Crippen LogP contribution in [0.3, 0.4) is 0 Å². The van der Waals surface area contributed by atoms with Crippen molar-refractivity contribution in [1.29, 1.82) is 0 Å². The van der Waals surface area contributed by atoms with E-state index in [2.05, 4.69) is 0 Å². The molecule has 2 aromatic rings. The Balaban J connectivity index is 2.56. The fraction of sp³-hybridized carbons (Fsp3) is 0.0714. The third kappa shape index (κ3) is 2.77. The number of ketones is 1. The number of carbonyl (C=O) groups is 1. The van der Waals surface area contributed by atoms with Crippen molar-refractivity contribution in [2.24, 2.45) is 0 Å². The lowest BCUT2D eigenvalue weighted by Crippen LogP contribution is -2.06. The van der Waals surface area contributed by atoms with Crippen molar-refractivity contribution < 1.29 is 13.6 Å². The summed E-state index contributed by atoms with van der Waals surface area (Å²) >= 11 is 11.6. The quantitative estimate of drug-likeness (QED) is 0.727. The van der Waals surface area contributed by atoms with E-state index in [1.165, 1.54) is 25.1 Å². The predicted molar refractivity (Wildman–Crippen MR) is 71.0 cm³/mol. The molecule has 0 atom stereocenters. The lowest BCUT2D eigenvalue weighted by Gasteiger charge is -2.07. The van der Waals surface area contributed by atoms with Crippen LogP contribution >= 0.6 is 23.2 Å². The van der Waals surface area contributed by atoms with Crippen molar-refractivity contribution in [1.82, 2.24) is 0 Å². The van der Waals surface area contributed by atoms with Gasteiger partial charge < -0.3 is 0 Å². The molecule has 0 amide bonds. The van der Waals surface area contributed by atoms with Gasteiger partial charge in [0, 0.05) is 10.6 Å². The van der Waals surface area contributed by atoms with E-state index in [-0.39, 0.29) is 26.7 Å². The summed E-state index contributed by atoms with van der Waals surface area (Å²) in [5, 5.41) is 0.173. The second-order valence-corrected chi connectivity index (χ2v) is 4.88. The van der Waals surface area contributed by atoms with Crippen LogP contribution in [0.5, 0.6) is 0 Å². The molecule has 0 aliphatic rings. The summed E-state index contributed by atoms with van der Waals surface area (Å²) in [6, 6.07) is 5.98. The minimum atomic E-state index is -0.701. The zero-order chi connectivity index (χ0) is 14.2. The third-order valence-corrected chi connectivity index (χ3v) is 3.21. The molecule has 0 aliphatic heterocycles. The molecule has 2 rings (SSSR count). The number of carbonyl (C=O) groups excluding carboxylic acids is 1. The SMILES string of the molecule is Cc1cc(C(=O)c2cc(Cl)ccc2F)c(Cl)cc1F. The van der Waals surface area contributed by atoms with Crippen molar-refractivity contribution >= 4 is 29.0 Å². The summed E-state index contributed by atoms with van der Waals surface area (Å²) in [7, 11) is 0. The van der Waals surface area contributed by atoms with Crippen LogP contribution in [-0.2, 0) is 0 Å². The van der Waals surface area contributed by atoms with Gasteiger partial charge in [-0.2, -0.15) is 0 Å². The topological polar surface area (TPSA) is 17.1 Å². The summed E-state index contributed by atoms with van der Waals surface area (Å²) in [6.07, 6.45) is 0. The highest BCUT2D eigenvalue weighted by atomic mass is 35.5. The van der Waals surface area contributed by atoms with Crippen LogP contribution in [0.4, 0.5) is 8.78 Å². The highest BCUT2D eigenvalue weighted by Gasteiger charge is 2.18. The molecule has 0 saturated heterocycles. The van der Waals surface area contributed by atoms with Gasteiger partial charge in [-0.05, 0) is 42.8 Å². The maximum atomic E-state index is 13.6. The Morgan fingerprint density at radius 1 is 1.00 bits per heavy atom. The molecule has 5 heteroatoms. The van der Waals surface area contributed by atoms with Gasteiger partial charge in [0.05, 0.1) is 10.6 Å². The molecule has 98 valence electrons. The van der Waals surface area contributed by atoms with Gasteiger partial charge in [-0.3, -0.25) is 4.79 Å². The number of aryl methyl sites for hydroxylation is 1. The molecule has 2 aromatic carbocycles. The second-order valence-electron chi connectivity index (χ2n) is 4.03. The normalized spacial score (nSPS) is 10.6. The monoisotopic (exact) mass is 300 g/mol. The van der Waals surface area contributed by atoms with Gasteiger partial charge in [0.2, 0.25) is 0 Å². The standard InChI is InChI=1S/C14H8Cl2F2O/c1-7-4-9(11(16)6-13(7)18)14(19)10-5-8(15)2-3-12(10)17/h2-6H,1H3. The van der Waals surface area contributed by atoms with Gasteiger partial charge in [0.15, 0.2) is 5.78 Å². The maximum Gasteiger partial charge on any atom is 0.197 e. The molecule has 19 heavy (non-hydrogen) atoms. The molecule has 0 heterocycles. The smallest absolute Gasteiger partial charge is 0.197 e. The Labute approximate surface area is 118 Å². The predicted octanol–water partition coefficient (Wildman–Crippen LogP) is 4.81. The molecular formula is C14H8Cl2F2O. The van der Waals surface area contributed by atoms with Gasteiger partial charge in [-0.25, -0.2) is 8.78 Å². The summed E-state index contributed by atoms with van der Waals surface area (Å²) < 4.78 is 26.9. The largest absolute Gasteiger partial charge is 0.288 e. The van der Waals surface area contributed by atoms with Gasteiger partial charge in [0.1, 0.15) is 11.6 Å². The van der Waals surface area contributed by atoms with Gasteiger partial charge in [-0.15, -0.1) is 0 Å². The minimum Gasteiger partial charge on any atom is -0.288 e. The Kier molecular flexibility index (Phi) is 3.88. The number of hydrogen-bond acceptors (Lipinski definition) is 1. The molecular weight excluding hydrogens is 293 g/mol. The van der Waals surface area contributed by atoms with Crippen LogP contribution < -0.4 is 0 Å². The first-order valence-electron chi connectivity index (χ1n) is 5.35. The molecule has 0 radical (unpaired) electrons. The van der Waals surface area contributed by atoms with Crippen LogP contribution in [0.1, 0.15) is 21.5 Å². The summed E-state index contributed by atoms with van der Waals surface area (Å²) in [4.78, 5) is 12.2. The molecule has 0 bridgehead atoms. The first kappa shape index (κ1) is 14.0. The highest BCUT2D eigenvalue weighted by molar-refractivity contribution is 6.35. The van der Waals surface area contributed by atoms with E-state index in [0.29, 0.717) is 0 Å². The minimum absolute atomic E-state index is 0.0433. The molecule has 0 aliphatic carbocycles. The van der Waals surface area contributed by atoms with E-state index < -0.39 is 17.4 Å². The summed E-state index contributed by atoms with van der Waals surface area (Å²) in [5.41, 5.74) is 0.109. The highest BCUT2D eigenvalue weighted by Crippen LogP contribution is 2.25. The van der Waals surface area contributed by atoms with Gasteiger partial charge >= 0.3 is 0 Å². The van der Waals surface area contributed by atoms with Crippen molar-refractivity contribution in [3.63, 3.8) is 0 Å². The van der Waals surface area contributed by atoms with E-state index in [1.807, 2.05) is 0 Å². The van der Waals surface area contributed by atoms with E-state index in [9.17, 15) is 13.6 Å². The fourth-order valence-corrected chi connectivity index (χ4v) is 2.06. The zero-order valence-electron chi connectivity index (χ0n) is 9.81. The Hall–Kier alpha value is -1.45. The van der Waals surface area contributed by atoms with Crippen LogP contribution in [0, 0.1) is 18.6 Å². The second kappa shape index (κ2) is 5.27. The van der Waals surface area contributed by atoms with E-state index in [0.717, 1.165) is 12.1 Å². The molecule has 0 aromatic heterocycles. The Morgan fingerprint density at radius 3 is 2.37 bits per heavy atom. The third-order valence-electron chi connectivity index (χ3n) is 2.67. The van der Waals surface area contributed by atoms with Crippen molar-refractivity contribution in [3.8, 4) is 0 Å². The first-order valence-corrected chi connectivity index (χ1v) is 6.11. The number of rotatable bonds is 2. The first-order chi connectivity index (χ1) is 8.90. The van der Waals surface area contributed by atoms with Gasteiger partial charge in [0.25, 0.3) is 0 Å². The van der Waals surface area contributed by atoms with Gasteiger partial charge in [-0.1, -0.05) is 23.2 Å². The number of halogens is 4. The summed E-state index contributed by atoms with van der Waals surface area (Å²) in [6.45, 7) is 1.50. The molecule has 0 saturated carbocycles. The van der Waals surface area contributed by atoms with Crippen molar-refractivity contribution in [2.75, 3.05) is 0 Å². The van der Waals surface area contributed by atoms with Crippen LogP contribution in [0.2, 0.25) is 10.0 Å². The zero-order valence-corrected chi connectivity index (χ0v) is 11.3. The Bertz CT molecular complexity index is 669. The molecule has 0 unspecified atom stereocenters. The van der Waals surface area contributed by atoms with Crippen LogP contribution in [0.25, 0.3) is 0 Å². The van der Waals surface area contributed by atoms with E-state index in [4.69, 9.17) is 23.2 Å². The van der Waals surface area contributed by atoms with Crippen molar-refractivity contribution in [2.45, 2.75) is 6.92 Å². The molecule has 1 nitrogen and oxygen atoms in total. The van der Waals surface area contributed by atoms with Crippen molar-refractivity contribution in [3.05, 3.63) is 68.7 Å². The number of hydrogen-bond donors (Lipinski definition) is 0. The Morgan fingerprint density at radius 2 is 1.68 bits per heavy atom. The maximum absolute atomic E-state index is 13.6. The van der Waals surface area contributed by atoms with E-state index >= 15 is 0 Å². The molecule has 0 spiro atoms. The lowest BCUT2D eigenvalue weighted by atomic mass is 10.0. The van der Waals surface area contributed by atoms with Crippen LogP contribution in [0.15, 0.2) is 30.3 Å². The van der Waals surface area contributed by atoms with E-state index in [1.54, 1.807) is 0 Å². The average Bonchev–Trinajstić information content (AvgIpc) is 2.36. The molecule has 0 N–H and O–H groups in total. The average molecular weight is 301 g/mol. The molecule has 0 fully saturated rings. The summed E-state index contributed by atoms with van der Waals surface area (Å²) in [5.74, 6) is -1.85. The fourth-order valence-electron chi connectivity index (χ4n) is 1.65. The lowest BCUT2D eigenvalue weighted by molar-refractivity contribution is 0.103. The van der Waals surface area contributed by atoms with Crippen LogP contribution in [-0.4, -0.2) is 5.78 Å².